The van der Waals surface area contributed by atoms with Crippen molar-refractivity contribution in [1.82, 2.24) is 14.8 Å². The van der Waals surface area contributed by atoms with Gasteiger partial charge in [0, 0.05) is 35.7 Å². The predicted octanol–water partition coefficient (Wildman–Crippen LogP) is 3.56. The van der Waals surface area contributed by atoms with Crippen molar-refractivity contribution >= 4 is 22.5 Å². The molecule has 1 unspecified atom stereocenters. The summed E-state index contributed by atoms with van der Waals surface area (Å²) in [6.07, 6.45) is 5.86. The second kappa shape index (κ2) is 6.15. The topological polar surface area (TPSA) is 19.4 Å². The van der Waals surface area contributed by atoms with E-state index in [0.717, 1.165) is 28.5 Å². The third-order valence-electron chi connectivity index (χ3n) is 5.08. The van der Waals surface area contributed by atoms with Crippen LogP contribution in [-0.4, -0.2) is 47.0 Å². The second-order valence-electron chi connectivity index (χ2n) is 6.53. The molecule has 2 fully saturated rings. The van der Waals surface area contributed by atoms with Gasteiger partial charge in [-0.3, -0.25) is 14.8 Å². The molecule has 3 heterocycles. The van der Waals surface area contributed by atoms with Crippen LogP contribution in [0, 0.1) is 0 Å². The highest BCUT2D eigenvalue weighted by Gasteiger charge is 2.28. The normalized spacial score (nSPS) is 23.6. The van der Waals surface area contributed by atoms with Crippen LogP contribution in [-0.2, 0) is 6.54 Å². The van der Waals surface area contributed by atoms with Crippen molar-refractivity contribution in [2.75, 3.05) is 26.2 Å². The van der Waals surface area contributed by atoms with Gasteiger partial charge in [-0.25, -0.2) is 0 Å². The van der Waals surface area contributed by atoms with Crippen LogP contribution in [0.3, 0.4) is 0 Å². The summed E-state index contributed by atoms with van der Waals surface area (Å²) in [5.74, 6) is 0. The standard InChI is InChI=1S/C18H22ClN3/c19-17-7-6-14(18-16(17)5-1-8-20-18)12-21-9-3-11-22-10-2-4-15(22)13-21/h1,5-8,15H,2-4,9-13H2. The Morgan fingerprint density at radius 2 is 2.05 bits per heavy atom. The molecule has 2 aliphatic rings. The van der Waals surface area contributed by atoms with E-state index in [4.69, 9.17) is 11.6 Å². The Balaban J connectivity index is 1.59. The van der Waals surface area contributed by atoms with Crippen LogP contribution in [0.2, 0.25) is 5.02 Å². The lowest BCUT2D eigenvalue weighted by atomic mass is 10.1. The molecular formula is C18H22ClN3. The SMILES string of the molecule is Clc1ccc(CN2CCCN3CCCC3C2)c2ncccc12. The van der Waals surface area contributed by atoms with E-state index in [1.165, 1.54) is 51.0 Å². The Morgan fingerprint density at radius 3 is 3.00 bits per heavy atom. The number of nitrogens with zero attached hydrogens (tertiary/aromatic N) is 3. The van der Waals surface area contributed by atoms with Gasteiger partial charge in [-0.2, -0.15) is 0 Å². The lowest BCUT2D eigenvalue weighted by Gasteiger charge is -2.25. The molecule has 1 aromatic carbocycles. The van der Waals surface area contributed by atoms with E-state index in [-0.39, 0.29) is 0 Å². The summed E-state index contributed by atoms with van der Waals surface area (Å²) >= 11 is 6.31. The Hall–Kier alpha value is -1.16. The van der Waals surface area contributed by atoms with Crippen LogP contribution in [0.15, 0.2) is 30.5 Å². The number of pyridine rings is 1. The minimum Gasteiger partial charge on any atom is -0.299 e. The van der Waals surface area contributed by atoms with Gasteiger partial charge in [-0.15, -0.1) is 0 Å². The monoisotopic (exact) mass is 315 g/mol. The van der Waals surface area contributed by atoms with Gasteiger partial charge in [-0.1, -0.05) is 17.7 Å². The minimum absolute atomic E-state index is 0.758. The molecular weight excluding hydrogens is 294 g/mol. The molecule has 0 saturated carbocycles. The zero-order valence-electron chi connectivity index (χ0n) is 12.8. The number of hydrogen-bond acceptors (Lipinski definition) is 3. The molecule has 0 N–H and O–H groups in total. The third-order valence-corrected chi connectivity index (χ3v) is 5.41. The highest BCUT2D eigenvalue weighted by Crippen LogP contribution is 2.27. The minimum atomic E-state index is 0.758. The smallest absolute Gasteiger partial charge is 0.0761 e. The number of halogens is 1. The van der Waals surface area contributed by atoms with Gasteiger partial charge in [0.05, 0.1) is 5.52 Å². The Bertz CT molecular complexity index is 672. The van der Waals surface area contributed by atoms with Crippen LogP contribution >= 0.6 is 11.6 Å². The number of fused-ring (bicyclic) bond motifs is 2. The number of rotatable bonds is 2. The molecule has 22 heavy (non-hydrogen) atoms. The molecule has 0 aliphatic carbocycles. The van der Waals surface area contributed by atoms with Crippen molar-refractivity contribution in [3.8, 4) is 0 Å². The van der Waals surface area contributed by atoms with Gasteiger partial charge in [0.25, 0.3) is 0 Å². The summed E-state index contributed by atoms with van der Waals surface area (Å²) in [7, 11) is 0. The first-order valence-electron chi connectivity index (χ1n) is 8.30. The zero-order valence-corrected chi connectivity index (χ0v) is 13.6. The number of aromatic nitrogens is 1. The van der Waals surface area contributed by atoms with Gasteiger partial charge in [0.1, 0.15) is 0 Å². The van der Waals surface area contributed by atoms with Crippen LogP contribution in [0.5, 0.6) is 0 Å². The van der Waals surface area contributed by atoms with Gasteiger partial charge >= 0.3 is 0 Å². The Labute approximate surface area is 136 Å². The maximum absolute atomic E-state index is 6.31. The van der Waals surface area contributed by atoms with Crippen molar-refractivity contribution < 1.29 is 0 Å². The van der Waals surface area contributed by atoms with Gasteiger partial charge < -0.3 is 0 Å². The van der Waals surface area contributed by atoms with Gasteiger partial charge in [0.2, 0.25) is 0 Å². The first-order valence-corrected chi connectivity index (χ1v) is 8.67. The molecule has 1 aromatic heterocycles. The van der Waals surface area contributed by atoms with Crippen LogP contribution in [0.4, 0.5) is 0 Å². The zero-order chi connectivity index (χ0) is 14.9. The summed E-state index contributed by atoms with van der Waals surface area (Å²) in [6, 6.07) is 8.94. The number of hydrogen-bond donors (Lipinski definition) is 0. The highest BCUT2D eigenvalue weighted by molar-refractivity contribution is 6.35. The summed E-state index contributed by atoms with van der Waals surface area (Å²) in [5, 5.41) is 1.86. The third kappa shape index (κ3) is 2.73. The van der Waals surface area contributed by atoms with Crippen molar-refractivity contribution in [3.63, 3.8) is 0 Å². The summed E-state index contributed by atoms with van der Waals surface area (Å²) in [4.78, 5) is 9.86. The molecule has 4 rings (SSSR count). The van der Waals surface area contributed by atoms with E-state index in [2.05, 4.69) is 26.9 Å². The summed E-state index contributed by atoms with van der Waals surface area (Å²) < 4.78 is 0. The summed E-state index contributed by atoms with van der Waals surface area (Å²) in [5.41, 5.74) is 2.36. The van der Waals surface area contributed by atoms with Crippen LogP contribution in [0.25, 0.3) is 10.9 Å². The molecule has 116 valence electrons. The fourth-order valence-corrected chi connectivity index (χ4v) is 4.21. The first kappa shape index (κ1) is 14.4. The quantitative estimate of drug-likeness (QED) is 0.844. The van der Waals surface area contributed by atoms with Crippen LogP contribution < -0.4 is 0 Å². The Morgan fingerprint density at radius 1 is 1.14 bits per heavy atom. The molecule has 2 aromatic rings. The highest BCUT2D eigenvalue weighted by atomic mass is 35.5. The maximum Gasteiger partial charge on any atom is 0.0761 e. The van der Waals surface area contributed by atoms with Crippen LogP contribution in [0.1, 0.15) is 24.8 Å². The lowest BCUT2D eigenvalue weighted by molar-refractivity contribution is 0.216. The van der Waals surface area contributed by atoms with E-state index in [9.17, 15) is 0 Å². The van der Waals surface area contributed by atoms with E-state index < -0.39 is 0 Å². The molecule has 0 bridgehead atoms. The van der Waals surface area contributed by atoms with Crippen molar-refractivity contribution in [3.05, 3.63) is 41.0 Å². The molecule has 3 nitrogen and oxygen atoms in total. The predicted molar refractivity (Wildman–Crippen MR) is 91.2 cm³/mol. The van der Waals surface area contributed by atoms with E-state index in [0.29, 0.717) is 0 Å². The molecule has 2 saturated heterocycles. The van der Waals surface area contributed by atoms with Crippen molar-refractivity contribution in [1.29, 1.82) is 0 Å². The van der Waals surface area contributed by atoms with E-state index in [1.54, 1.807) is 0 Å². The summed E-state index contributed by atoms with van der Waals surface area (Å²) in [6.45, 7) is 5.92. The second-order valence-corrected chi connectivity index (χ2v) is 6.93. The molecule has 0 radical (unpaired) electrons. The average Bonchev–Trinajstić information content (AvgIpc) is 2.89. The fraction of sp³-hybridized carbons (Fsp3) is 0.500. The molecule has 0 spiro atoms. The van der Waals surface area contributed by atoms with E-state index >= 15 is 0 Å². The molecule has 1 atom stereocenters. The lowest BCUT2D eigenvalue weighted by Crippen LogP contribution is -2.36. The molecule has 0 amide bonds. The van der Waals surface area contributed by atoms with Crippen molar-refractivity contribution in [2.24, 2.45) is 0 Å². The van der Waals surface area contributed by atoms with E-state index in [1.807, 2.05) is 18.3 Å². The van der Waals surface area contributed by atoms with Gasteiger partial charge in [0.15, 0.2) is 0 Å². The first-order chi connectivity index (χ1) is 10.8. The largest absolute Gasteiger partial charge is 0.299 e. The van der Waals surface area contributed by atoms with Crippen molar-refractivity contribution in [2.45, 2.75) is 31.8 Å². The number of benzene rings is 1. The fourth-order valence-electron chi connectivity index (χ4n) is 3.99. The molecule has 4 heteroatoms. The Kier molecular flexibility index (Phi) is 4.03. The molecule has 2 aliphatic heterocycles. The maximum atomic E-state index is 6.31. The average molecular weight is 316 g/mol. The van der Waals surface area contributed by atoms with Gasteiger partial charge in [-0.05, 0) is 62.7 Å².